The van der Waals surface area contributed by atoms with Crippen LogP contribution in [-0.2, 0) is 11.3 Å². The van der Waals surface area contributed by atoms with E-state index in [1.165, 1.54) is 6.92 Å². The molecule has 0 saturated heterocycles. The number of carbonyl (C=O) groups excluding carboxylic acids is 2. The maximum atomic E-state index is 12.1. The van der Waals surface area contributed by atoms with E-state index in [1.54, 1.807) is 42.5 Å². The van der Waals surface area contributed by atoms with Crippen LogP contribution in [0.4, 0.5) is 0 Å². The molecule has 6 heteroatoms. The first-order valence-electron chi connectivity index (χ1n) is 6.47. The summed E-state index contributed by atoms with van der Waals surface area (Å²) in [5, 5.41) is 3.21. The summed E-state index contributed by atoms with van der Waals surface area (Å²) in [7, 11) is 0. The average molecular weight is 338 g/mol. The Balaban J connectivity index is 2.08. The predicted molar refractivity (Wildman–Crippen MR) is 85.4 cm³/mol. The molecule has 0 spiro atoms. The third-order valence-electron chi connectivity index (χ3n) is 2.84. The van der Waals surface area contributed by atoms with Gasteiger partial charge in [0.1, 0.15) is 0 Å². The lowest BCUT2D eigenvalue weighted by Crippen LogP contribution is -2.19. The van der Waals surface area contributed by atoms with Crippen LogP contribution in [-0.4, -0.2) is 11.9 Å². The lowest BCUT2D eigenvalue weighted by Gasteiger charge is -2.08. The van der Waals surface area contributed by atoms with E-state index in [2.05, 4.69) is 5.32 Å². The molecular weight excluding hydrogens is 325 g/mol. The number of halogens is 2. The standard InChI is InChI=1S/C16H13Cl2NO3/c1-10(20)19-9-11-5-7-12(8-6-11)16(21)22-15-13(17)3-2-4-14(15)18/h2-8H,9H2,1H3,(H,19,20). The Kier molecular flexibility index (Phi) is 5.41. The summed E-state index contributed by atoms with van der Waals surface area (Å²) in [4.78, 5) is 22.9. The minimum absolute atomic E-state index is 0.114. The largest absolute Gasteiger partial charge is 0.420 e. The van der Waals surface area contributed by atoms with Gasteiger partial charge in [-0.15, -0.1) is 0 Å². The predicted octanol–water partition coefficient (Wildman–Crippen LogP) is 3.85. The second-order valence-electron chi connectivity index (χ2n) is 4.55. The third-order valence-corrected chi connectivity index (χ3v) is 3.44. The van der Waals surface area contributed by atoms with Crippen molar-refractivity contribution in [3.63, 3.8) is 0 Å². The van der Waals surface area contributed by atoms with Crippen molar-refractivity contribution < 1.29 is 14.3 Å². The van der Waals surface area contributed by atoms with Crippen LogP contribution in [0.2, 0.25) is 10.0 Å². The summed E-state index contributed by atoms with van der Waals surface area (Å²) in [5.74, 6) is -0.531. The number of nitrogens with one attached hydrogen (secondary N) is 1. The molecular formula is C16H13Cl2NO3. The minimum atomic E-state index is -0.555. The molecule has 0 unspecified atom stereocenters. The Morgan fingerprint density at radius 1 is 1.05 bits per heavy atom. The van der Waals surface area contributed by atoms with E-state index in [4.69, 9.17) is 27.9 Å². The van der Waals surface area contributed by atoms with E-state index in [1.807, 2.05) is 0 Å². The fourth-order valence-corrected chi connectivity index (χ4v) is 2.19. The van der Waals surface area contributed by atoms with Crippen LogP contribution in [0, 0.1) is 0 Å². The van der Waals surface area contributed by atoms with Crippen LogP contribution < -0.4 is 10.1 Å². The fourth-order valence-electron chi connectivity index (χ4n) is 1.72. The second-order valence-corrected chi connectivity index (χ2v) is 5.36. The third kappa shape index (κ3) is 4.23. The Bertz CT molecular complexity index is 679. The molecule has 1 N–H and O–H groups in total. The molecule has 0 aliphatic heterocycles. The van der Waals surface area contributed by atoms with Crippen molar-refractivity contribution in [3.05, 3.63) is 63.6 Å². The first-order valence-corrected chi connectivity index (χ1v) is 7.22. The van der Waals surface area contributed by atoms with Gasteiger partial charge in [0.2, 0.25) is 5.91 Å². The van der Waals surface area contributed by atoms with Crippen molar-refractivity contribution in [2.75, 3.05) is 0 Å². The monoisotopic (exact) mass is 337 g/mol. The molecule has 0 atom stereocenters. The fraction of sp³-hybridized carbons (Fsp3) is 0.125. The number of amides is 1. The Morgan fingerprint density at radius 2 is 1.64 bits per heavy atom. The summed E-state index contributed by atoms with van der Waals surface area (Å²) in [5.41, 5.74) is 1.24. The first-order chi connectivity index (χ1) is 10.5. The van der Waals surface area contributed by atoms with Gasteiger partial charge in [0.05, 0.1) is 15.6 Å². The highest BCUT2D eigenvalue weighted by atomic mass is 35.5. The van der Waals surface area contributed by atoms with E-state index >= 15 is 0 Å². The molecule has 0 aliphatic rings. The summed E-state index contributed by atoms with van der Waals surface area (Å²) in [6.07, 6.45) is 0. The number of rotatable bonds is 4. The van der Waals surface area contributed by atoms with Gasteiger partial charge >= 0.3 is 5.97 Å². The van der Waals surface area contributed by atoms with Gasteiger partial charge in [-0.2, -0.15) is 0 Å². The molecule has 0 heterocycles. The van der Waals surface area contributed by atoms with Crippen molar-refractivity contribution in [2.24, 2.45) is 0 Å². The zero-order chi connectivity index (χ0) is 16.1. The maximum absolute atomic E-state index is 12.1. The van der Waals surface area contributed by atoms with Crippen molar-refractivity contribution in [1.29, 1.82) is 0 Å². The number of hydrogen-bond donors (Lipinski definition) is 1. The summed E-state index contributed by atoms with van der Waals surface area (Å²) >= 11 is 11.9. The molecule has 1 amide bonds. The molecule has 0 aromatic heterocycles. The van der Waals surface area contributed by atoms with E-state index in [-0.39, 0.29) is 21.7 Å². The summed E-state index contributed by atoms with van der Waals surface area (Å²) < 4.78 is 5.23. The van der Waals surface area contributed by atoms with Crippen molar-refractivity contribution in [2.45, 2.75) is 13.5 Å². The first kappa shape index (κ1) is 16.3. The molecule has 0 saturated carbocycles. The van der Waals surface area contributed by atoms with E-state index in [0.29, 0.717) is 12.1 Å². The average Bonchev–Trinajstić information content (AvgIpc) is 2.49. The van der Waals surface area contributed by atoms with Gasteiger partial charge in [-0.3, -0.25) is 4.79 Å². The van der Waals surface area contributed by atoms with Crippen LogP contribution in [0.1, 0.15) is 22.8 Å². The zero-order valence-corrected chi connectivity index (χ0v) is 13.2. The van der Waals surface area contributed by atoms with Gasteiger partial charge in [0.25, 0.3) is 0 Å². The lowest BCUT2D eigenvalue weighted by molar-refractivity contribution is -0.119. The Morgan fingerprint density at radius 3 is 2.18 bits per heavy atom. The van der Waals surface area contributed by atoms with E-state index in [9.17, 15) is 9.59 Å². The minimum Gasteiger partial charge on any atom is -0.420 e. The molecule has 2 rings (SSSR count). The second kappa shape index (κ2) is 7.29. The van der Waals surface area contributed by atoms with Crippen LogP contribution in [0.15, 0.2) is 42.5 Å². The quantitative estimate of drug-likeness (QED) is 0.681. The molecule has 0 bridgehead atoms. The summed E-state index contributed by atoms with van der Waals surface area (Å²) in [6.45, 7) is 1.85. The molecule has 0 fully saturated rings. The van der Waals surface area contributed by atoms with Gasteiger partial charge < -0.3 is 10.1 Å². The van der Waals surface area contributed by atoms with Crippen LogP contribution in [0.5, 0.6) is 5.75 Å². The molecule has 0 radical (unpaired) electrons. The Hall–Kier alpha value is -2.04. The van der Waals surface area contributed by atoms with Gasteiger partial charge in [-0.25, -0.2) is 4.79 Å². The molecule has 4 nitrogen and oxygen atoms in total. The molecule has 114 valence electrons. The molecule has 0 aliphatic carbocycles. The van der Waals surface area contributed by atoms with Crippen LogP contribution in [0.25, 0.3) is 0 Å². The number of benzene rings is 2. The topological polar surface area (TPSA) is 55.4 Å². The highest BCUT2D eigenvalue weighted by Crippen LogP contribution is 2.32. The molecule has 22 heavy (non-hydrogen) atoms. The lowest BCUT2D eigenvalue weighted by atomic mass is 10.1. The number of hydrogen-bond acceptors (Lipinski definition) is 3. The smallest absolute Gasteiger partial charge is 0.343 e. The number of ether oxygens (including phenoxy) is 1. The SMILES string of the molecule is CC(=O)NCc1ccc(C(=O)Oc2c(Cl)cccc2Cl)cc1. The summed E-state index contributed by atoms with van der Waals surface area (Å²) in [6, 6.07) is 11.5. The highest BCUT2D eigenvalue weighted by molar-refractivity contribution is 6.37. The Labute approximate surface area is 138 Å². The van der Waals surface area contributed by atoms with Crippen molar-refractivity contribution >= 4 is 35.1 Å². The van der Waals surface area contributed by atoms with Gasteiger partial charge in [0.15, 0.2) is 5.75 Å². The van der Waals surface area contributed by atoms with Gasteiger partial charge in [0, 0.05) is 13.5 Å². The van der Waals surface area contributed by atoms with Gasteiger partial charge in [-0.05, 0) is 29.8 Å². The normalized spacial score (nSPS) is 10.1. The van der Waals surface area contributed by atoms with Crippen molar-refractivity contribution in [3.8, 4) is 5.75 Å². The van der Waals surface area contributed by atoms with Crippen LogP contribution >= 0.6 is 23.2 Å². The van der Waals surface area contributed by atoms with E-state index < -0.39 is 5.97 Å². The maximum Gasteiger partial charge on any atom is 0.343 e. The van der Waals surface area contributed by atoms with Gasteiger partial charge in [-0.1, -0.05) is 41.4 Å². The van der Waals surface area contributed by atoms with E-state index in [0.717, 1.165) is 5.56 Å². The number of carbonyl (C=O) groups is 2. The number of esters is 1. The van der Waals surface area contributed by atoms with Crippen LogP contribution in [0.3, 0.4) is 0 Å². The highest BCUT2D eigenvalue weighted by Gasteiger charge is 2.14. The van der Waals surface area contributed by atoms with Crippen molar-refractivity contribution in [1.82, 2.24) is 5.32 Å². The molecule has 2 aromatic carbocycles. The number of para-hydroxylation sites is 1. The zero-order valence-electron chi connectivity index (χ0n) is 11.7. The molecule has 2 aromatic rings.